The number of ether oxygens (including phenoxy) is 1. The van der Waals surface area contributed by atoms with Crippen LogP contribution in [0.3, 0.4) is 0 Å². The molecule has 14 heteroatoms. The summed E-state index contributed by atoms with van der Waals surface area (Å²) in [5.74, 6) is -1.08. The first-order valence-electron chi connectivity index (χ1n) is 15.7. The molecule has 4 aromatic carbocycles. The Labute approximate surface area is 302 Å². The van der Waals surface area contributed by atoms with Crippen LogP contribution in [0, 0.1) is 17.0 Å². The normalized spacial score (nSPS) is 12.4. The fourth-order valence-corrected chi connectivity index (χ4v) is 6.96. The number of sulfonamides is 1. The molecule has 0 saturated carbocycles. The molecule has 50 heavy (non-hydrogen) atoms. The molecule has 0 spiro atoms. The summed E-state index contributed by atoms with van der Waals surface area (Å²) in [6, 6.07) is 22.4. The van der Waals surface area contributed by atoms with Gasteiger partial charge in [-0.05, 0) is 67.8 Å². The number of carbonyl (C=O) groups excluding carboxylic acids is 2. The summed E-state index contributed by atoms with van der Waals surface area (Å²) < 4.78 is 35.2. The number of aryl methyl sites for hydroxylation is 1. The van der Waals surface area contributed by atoms with Gasteiger partial charge in [-0.25, -0.2) is 8.42 Å². The number of nitrogens with one attached hydrogen (secondary N) is 1. The van der Waals surface area contributed by atoms with Crippen molar-refractivity contribution in [2.24, 2.45) is 0 Å². The van der Waals surface area contributed by atoms with Crippen molar-refractivity contribution >= 4 is 56.4 Å². The third kappa shape index (κ3) is 9.32. The topological polar surface area (TPSA) is 139 Å². The van der Waals surface area contributed by atoms with Crippen LogP contribution in [-0.4, -0.2) is 55.8 Å². The molecule has 0 fully saturated rings. The summed E-state index contributed by atoms with van der Waals surface area (Å²) in [5, 5.41) is 15.4. The van der Waals surface area contributed by atoms with Crippen LogP contribution < -0.4 is 14.4 Å². The van der Waals surface area contributed by atoms with Crippen LogP contribution >= 0.6 is 23.2 Å². The number of hydrogen-bond donors (Lipinski definition) is 1. The molecule has 0 unspecified atom stereocenters. The van der Waals surface area contributed by atoms with E-state index in [9.17, 15) is 28.1 Å². The zero-order valence-electron chi connectivity index (χ0n) is 28.0. The molecule has 0 aliphatic heterocycles. The first kappa shape index (κ1) is 38.2. The van der Waals surface area contributed by atoms with Crippen molar-refractivity contribution < 1.29 is 27.7 Å². The number of amides is 2. The van der Waals surface area contributed by atoms with Gasteiger partial charge in [0.1, 0.15) is 18.3 Å². The van der Waals surface area contributed by atoms with Gasteiger partial charge >= 0.3 is 0 Å². The number of halogens is 2. The molecule has 0 bridgehead atoms. The van der Waals surface area contributed by atoms with Crippen LogP contribution in [-0.2, 0) is 32.6 Å². The lowest BCUT2D eigenvalue weighted by Gasteiger charge is -2.34. The van der Waals surface area contributed by atoms with Gasteiger partial charge in [0.2, 0.25) is 11.8 Å². The molecule has 264 valence electrons. The predicted molar refractivity (Wildman–Crippen MR) is 194 cm³/mol. The summed E-state index contributed by atoms with van der Waals surface area (Å²) in [6.07, 6.45) is 0.762. The molecule has 2 atom stereocenters. The lowest BCUT2D eigenvalue weighted by atomic mass is 10.0. The molecule has 2 amide bonds. The third-order valence-electron chi connectivity index (χ3n) is 8.19. The average molecular weight is 742 g/mol. The Bertz CT molecular complexity index is 1940. The Kier molecular flexibility index (Phi) is 12.9. The van der Waals surface area contributed by atoms with Gasteiger partial charge in [-0.15, -0.1) is 0 Å². The van der Waals surface area contributed by atoms with Crippen molar-refractivity contribution in [3.63, 3.8) is 0 Å². The van der Waals surface area contributed by atoms with Crippen molar-refractivity contribution in [2.75, 3.05) is 18.0 Å². The van der Waals surface area contributed by atoms with Crippen molar-refractivity contribution in [3.05, 3.63) is 128 Å². The number of nitro benzene ring substituents is 1. The molecule has 0 aliphatic carbocycles. The smallest absolute Gasteiger partial charge is 0.273 e. The Morgan fingerprint density at radius 2 is 1.60 bits per heavy atom. The molecular weight excluding hydrogens is 703 g/mol. The van der Waals surface area contributed by atoms with E-state index in [2.05, 4.69) is 5.32 Å². The van der Waals surface area contributed by atoms with E-state index in [4.69, 9.17) is 27.9 Å². The minimum atomic E-state index is -4.69. The second kappa shape index (κ2) is 16.8. The number of benzene rings is 4. The van der Waals surface area contributed by atoms with E-state index in [1.54, 1.807) is 24.3 Å². The second-order valence-electron chi connectivity index (χ2n) is 11.7. The van der Waals surface area contributed by atoms with E-state index in [-0.39, 0.29) is 41.0 Å². The van der Waals surface area contributed by atoms with Crippen LogP contribution in [0.4, 0.5) is 11.4 Å². The number of anilines is 1. The highest BCUT2D eigenvalue weighted by Gasteiger charge is 2.36. The fourth-order valence-electron chi connectivity index (χ4n) is 5.23. The Hall–Kier alpha value is -4.65. The molecule has 4 rings (SSSR count). The zero-order valence-corrected chi connectivity index (χ0v) is 30.3. The second-order valence-corrected chi connectivity index (χ2v) is 14.4. The Morgan fingerprint density at radius 3 is 2.22 bits per heavy atom. The van der Waals surface area contributed by atoms with Crippen LogP contribution in [0.5, 0.6) is 5.75 Å². The van der Waals surface area contributed by atoms with Crippen LogP contribution in [0.2, 0.25) is 10.0 Å². The fraction of sp³-hybridized carbons (Fsp3) is 0.278. The van der Waals surface area contributed by atoms with Gasteiger partial charge in [0, 0.05) is 40.7 Å². The maximum atomic E-state index is 14.7. The number of nitrogens with zero attached hydrogens (tertiary/aromatic N) is 3. The van der Waals surface area contributed by atoms with Gasteiger partial charge in [0.05, 0.1) is 22.6 Å². The minimum absolute atomic E-state index is 0.0714. The van der Waals surface area contributed by atoms with Gasteiger partial charge in [-0.2, -0.15) is 0 Å². The number of nitro groups is 1. The maximum absolute atomic E-state index is 14.7. The summed E-state index contributed by atoms with van der Waals surface area (Å²) in [7, 11) is -3.35. The number of carbonyl (C=O) groups is 2. The average Bonchev–Trinajstić information content (AvgIpc) is 3.09. The van der Waals surface area contributed by atoms with Gasteiger partial charge in [0.25, 0.3) is 15.7 Å². The predicted octanol–water partition coefficient (Wildman–Crippen LogP) is 6.97. The van der Waals surface area contributed by atoms with Crippen molar-refractivity contribution in [1.82, 2.24) is 10.2 Å². The van der Waals surface area contributed by atoms with E-state index in [0.29, 0.717) is 17.0 Å². The standard InChI is InChI=1S/C36H38Cl2N4O7S/c1-5-25(3)39-36(44)33(19-26-9-7-6-8-10-26)40(22-27-12-14-28(37)15-13-27)35(43)23-41(32-20-29(38)16-18-34(32)49-4)50(47,48)30-17-11-24(2)31(21-30)42(45)46/h6-18,20-21,25,33H,5,19,22-23H2,1-4H3,(H,39,44)/t25-,33-/m1/s1. The molecule has 0 heterocycles. The van der Waals surface area contributed by atoms with Gasteiger partial charge < -0.3 is 15.0 Å². The molecule has 0 aliphatic rings. The first-order valence-corrected chi connectivity index (χ1v) is 17.9. The van der Waals surface area contributed by atoms with Crippen molar-refractivity contribution in [3.8, 4) is 5.75 Å². The quantitative estimate of drug-likeness (QED) is 0.103. The molecule has 0 saturated heterocycles. The van der Waals surface area contributed by atoms with Gasteiger partial charge in [0.15, 0.2) is 0 Å². The SMILES string of the molecule is CC[C@@H](C)NC(=O)[C@@H](Cc1ccccc1)N(Cc1ccc(Cl)cc1)C(=O)CN(c1cc(Cl)ccc1OC)S(=O)(=O)c1ccc(C)c([N+](=O)[O-])c1. The van der Waals surface area contributed by atoms with Gasteiger partial charge in [-0.3, -0.25) is 24.0 Å². The summed E-state index contributed by atoms with van der Waals surface area (Å²) in [6.45, 7) is 4.38. The molecule has 1 N–H and O–H groups in total. The highest BCUT2D eigenvalue weighted by molar-refractivity contribution is 7.92. The zero-order chi connectivity index (χ0) is 36.6. The van der Waals surface area contributed by atoms with Crippen LogP contribution in [0.25, 0.3) is 0 Å². The third-order valence-corrected chi connectivity index (χ3v) is 10.4. The van der Waals surface area contributed by atoms with E-state index >= 15 is 0 Å². The summed E-state index contributed by atoms with van der Waals surface area (Å²) in [4.78, 5) is 40.7. The molecule has 11 nitrogen and oxygen atoms in total. The minimum Gasteiger partial charge on any atom is -0.495 e. The van der Waals surface area contributed by atoms with Crippen LogP contribution in [0.15, 0.2) is 95.9 Å². The summed E-state index contributed by atoms with van der Waals surface area (Å²) in [5.41, 5.74) is 1.18. The Balaban J connectivity index is 1.89. The highest BCUT2D eigenvalue weighted by atomic mass is 35.5. The number of rotatable bonds is 15. The molecular formula is C36H38Cl2N4O7S. The number of methoxy groups -OCH3 is 1. The van der Waals surface area contributed by atoms with E-state index in [1.165, 1.54) is 49.3 Å². The number of hydrogen-bond acceptors (Lipinski definition) is 7. The lowest BCUT2D eigenvalue weighted by molar-refractivity contribution is -0.385. The summed E-state index contributed by atoms with van der Waals surface area (Å²) >= 11 is 12.5. The van der Waals surface area contributed by atoms with E-state index in [1.807, 2.05) is 44.2 Å². The Morgan fingerprint density at radius 1 is 0.940 bits per heavy atom. The molecule has 0 aromatic heterocycles. The van der Waals surface area contributed by atoms with Gasteiger partial charge in [-0.1, -0.05) is 78.7 Å². The highest BCUT2D eigenvalue weighted by Crippen LogP contribution is 2.36. The van der Waals surface area contributed by atoms with Crippen molar-refractivity contribution in [1.29, 1.82) is 0 Å². The first-order chi connectivity index (χ1) is 23.7. The maximum Gasteiger partial charge on any atom is 0.273 e. The van der Waals surface area contributed by atoms with Crippen molar-refractivity contribution in [2.45, 2.75) is 57.1 Å². The monoisotopic (exact) mass is 740 g/mol. The largest absolute Gasteiger partial charge is 0.495 e. The van der Waals surface area contributed by atoms with E-state index < -0.39 is 49.9 Å². The molecule has 4 aromatic rings. The lowest BCUT2D eigenvalue weighted by Crippen LogP contribution is -2.54. The van der Waals surface area contributed by atoms with Crippen LogP contribution in [0.1, 0.15) is 37.0 Å². The van der Waals surface area contributed by atoms with E-state index in [0.717, 1.165) is 15.9 Å². The molecule has 0 radical (unpaired) electrons.